The lowest BCUT2D eigenvalue weighted by molar-refractivity contribution is -0.128. The van der Waals surface area contributed by atoms with Crippen LogP contribution in [-0.4, -0.2) is 29.6 Å². The van der Waals surface area contributed by atoms with Crippen LogP contribution in [0.5, 0.6) is 0 Å². The molecule has 0 N–H and O–H groups in total. The molecule has 1 amide bonds. The molecule has 0 aliphatic carbocycles. The lowest BCUT2D eigenvalue weighted by atomic mass is 10.1. The number of carbonyl (C=O) groups excluding carboxylic acids is 2. The maximum absolute atomic E-state index is 13.0. The topological polar surface area (TPSA) is 46.6 Å². The Morgan fingerprint density at radius 3 is 2.50 bits per heavy atom. The number of hydrogen-bond acceptors (Lipinski definition) is 4. The van der Waals surface area contributed by atoms with Gasteiger partial charge in [0, 0.05) is 6.54 Å². The molecule has 0 aromatic heterocycles. The minimum Gasteiger partial charge on any atom is -0.465 e. The molecule has 0 bridgehead atoms. The molecule has 124 valence electrons. The number of halogens is 1. The number of rotatable bonds is 4. The van der Waals surface area contributed by atoms with Crippen molar-refractivity contribution in [2.45, 2.75) is 11.9 Å². The van der Waals surface area contributed by atoms with E-state index in [0.29, 0.717) is 17.9 Å². The van der Waals surface area contributed by atoms with Crippen molar-refractivity contribution >= 4 is 23.6 Å². The van der Waals surface area contributed by atoms with E-state index in [1.54, 1.807) is 40.9 Å². The van der Waals surface area contributed by atoms with E-state index in [1.165, 1.54) is 19.2 Å². The van der Waals surface area contributed by atoms with Crippen LogP contribution in [0.25, 0.3) is 0 Å². The number of amides is 1. The second kappa shape index (κ2) is 7.05. The summed E-state index contributed by atoms with van der Waals surface area (Å²) in [5.74, 6) is -0.230. The van der Waals surface area contributed by atoms with Crippen LogP contribution in [0, 0.1) is 5.82 Å². The van der Waals surface area contributed by atoms with Crippen molar-refractivity contribution < 1.29 is 18.7 Å². The molecule has 2 aromatic rings. The summed E-state index contributed by atoms with van der Waals surface area (Å²) in [6.45, 7) is 0.426. The third-order valence-electron chi connectivity index (χ3n) is 3.85. The molecular formula is C18H16FNO3S. The first-order chi connectivity index (χ1) is 11.6. The monoisotopic (exact) mass is 345 g/mol. The van der Waals surface area contributed by atoms with Crippen LogP contribution in [0.2, 0.25) is 0 Å². The van der Waals surface area contributed by atoms with Crippen molar-refractivity contribution in [1.29, 1.82) is 0 Å². The zero-order valence-electron chi connectivity index (χ0n) is 13.1. The highest BCUT2D eigenvalue weighted by molar-refractivity contribution is 8.00. The summed E-state index contributed by atoms with van der Waals surface area (Å²) in [5.41, 5.74) is 2.30. The maximum Gasteiger partial charge on any atom is 0.337 e. The number of methoxy groups -OCH3 is 1. The van der Waals surface area contributed by atoms with E-state index < -0.39 is 0 Å². The summed E-state index contributed by atoms with van der Waals surface area (Å²) >= 11 is 1.54. The van der Waals surface area contributed by atoms with Crippen molar-refractivity contribution in [2.24, 2.45) is 0 Å². The Bertz CT molecular complexity index is 746. The zero-order valence-corrected chi connectivity index (χ0v) is 13.9. The molecule has 1 heterocycles. The van der Waals surface area contributed by atoms with Gasteiger partial charge in [-0.2, -0.15) is 0 Å². The number of benzene rings is 2. The van der Waals surface area contributed by atoms with Crippen molar-refractivity contribution in [3.63, 3.8) is 0 Å². The van der Waals surface area contributed by atoms with Gasteiger partial charge in [0.1, 0.15) is 11.2 Å². The number of esters is 1. The van der Waals surface area contributed by atoms with Gasteiger partial charge in [-0.05, 0) is 35.4 Å². The highest BCUT2D eigenvalue weighted by Gasteiger charge is 2.32. The molecule has 4 nitrogen and oxygen atoms in total. The SMILES string of the molecule is COC(=O)c1ccc(C2SCC(=O)N2Cc2ccc(F)cc2)cc1. The Morgan fingerprint density at radius 1 is 1.21 bits per heavy atom. The largest absolute Gasteiger partial charge is 0.465 e. The summed E-state index contributed by atoms with van der Waals surface area (Å²) < 4.78 is 17.7. The van der Waals surface area contributed by atoms with Crippen LogP contribution in [0.4, 0.5) is 4.39 Å². The molecule has 2 aromatic carbocycles. The van der Waals surface area contributed by atoms with E-state index >= 15 is 0 Å². The van der Waals surface area contributed by atoms with E-state index in [-0.39, 0.29) is 23.1 Å². The third kappa shape index (κ3) is 3.43. The van der Waals surface area contributed by atoms with Crippen LogP contribution >= 0.6 is 11.8 Å². The lowest BCUT2D eigenvalue weighted by Gasteiger charge is -2.24. The van der Waals surface area contributed by atoms with E-state index in [0.717, 1.165) is 11.1 Å². The molecule has 1 atom stereocenters. The van der Waals surface area contributed by atoms with Crippen molar-refractivity contribution in [3.05, 3.63) is 71.0 Å². The van der Waals surface area contributed by atoms with E-state index in [1.807, 2.05) is 12.1 Å². The van der Waals surface area contributed by atoms with E-state index in [2.05, 4.69) is 4.74 Å². The molecule has 0 radical (unpaired) electrons. The fraction of sp³-hybridized carbons (Fsp3) is 0.222. The predicted octanol–water partition coefficient (Wildman–Crippen LogP) is 3.39. The quantitative estimate of drug-likeness (QED) is 0.797. The lowest BCUT2D eigenvalue weighted by Crippen LogP contribution is -2.27. The van der Waals surface area contributed by atoms with Crippen LogP contribution < -0.4 is 0 Å². The van der Waals surface area contributed by atoms with Gasteiger partial charge in [-0.3, -0.25) is 4.79 Å². The van der Waals surface area contributed by atoms with Crippen LogP contribution in [0.1, 0.15) is 26.9 Å². The van der Waals surface area contributed by atoms with Crippen molar-refractivity contribution in [2.75, 3.05) is 12.9 Å². The summed E-state index contributed by atoms with van der Waals surface area (Å²) in [5, 5.41) is -0.116. The van der Waals surface area contributed by atoms with Gasteiger partial charge in [-0.15, -0.1) is 11.8 Å². The number of carbonyl (C=O) groups is 2. The minimum absolute atomic E-state index is 0.0476. The van der Waals surface area contributed by atoms with Gasteiger partial charge in [0.15, 0.2) is 0 Å². The minimum atomic E-state index is -0.389. The Hall–Kier alpha value is -2.34. The Morgan fingerprint density at radius 2 is 1.88 bits per heavy atom. The summed E-state index contributed by atoms with van der Waals surface area (Å²) in [6.07, 6.45) is 0. The number of ether oxygens (including phenoxy) is 1. The smallest absolute Gasteiger partial charge is 0.337 e. The summed E-state index contributed by atoms with van der Waals surface area (Å²) in [4.78, 5) is 25.5. The molecule has 1 aliphatic heterocycles. The van der Waals surface area contributed by atoms with Crippen LogP contribution in [0.15, 0.2) is 48.5 Å². The fourth-order valence-corrected chi connectivity index (χ4v) is 3.78. The van der Waals surface area contributed by atoms with Gasteiger partial charge in [0.25, 0.3) is 0 Å². The van der Waals surface area contributed by atoms with Crippen LogP contribution in [-0.2, 0) is 16.1 Å². The molecule has 1 fully saturated rings. The fourth-order valence-electron chi connectivity index (χ4n) is 2.59. The summed E-state index contributed by atoms with van der Waals surface area (Å²) in [7, 11) is 1.34. The number of hydrogen-bond donors (Lipinski definition) is 0. The van der Waals surface area contributed by atoms with Gasteiger partial charge >= 0.3 is 5.97 Å². The molecule has 0 spiro atoms. The Labute approximate surface area is 143 Å². The van der Waals surface area contributed by atoms with Gasteiger partial charge < -0.3 is 9.64 Å². The molecule has 24 heavy (non-hydrogen) atoms. The van der Waals surface area contributed by atoms with Crippen LogP contribution in [0.3, 0.4) is 0 Å². The second-order valence-corrected chi connectivity index (χ2v) is 6.49. The van der Waals surface area contributed by atoms with Gasteiger partial charge in [0.05, 0.1) is 18.4 Å². The Balaban J connectivity index is 1.79. The average molecular weight is 345 g/mol. The number of thioether (sulfide) groups is 1. The molecule has 6 heteroatoms. The van der Waals surface area contributed by atoms with Crippen molar-refractivity contribution in [1.82, 2.24) is 4.90 Å². The molecule has 1 aliphatic rings. The standard InChI is InChI=1S/C18H16FNO3S/c1-23-18(22)14-6-4-13(5-7-14)17-20(16(21)11-24-17)10-12-2-8-15(19)9-3-12/h2-9,17H,10-11H2,1H3. The summed E-state index contributed by atoms with van der Waals surface area (Å²) in [6, 6.07) is 13.2. The predicted molar refractivity (Wildman–Crippen MR) is 89.9 cm³/mol. The third-order valence-corrected chi connectivity index (χ3v) is 5.11. The van der Waals surface area contributed by atoms with Gasteiger partial charge in [-0.25, -0.2) is 9.18 Å². The van der Waals surface area contributed by atoms with Gasteiger partial charge in [0.2, 0.25) is 5.91 Å². The molecular weight excluding hydrogens is 329 g/mol. The first kappa shape index (κ1) is 16.5. The zero-order chi connectivity index (χ0) is 17.1. The van der Waals surface area contributed by atoms with E-state index in [4.69, 9.17) is 0 Å². The molecule has 3 rings (SSSR count). The highest BCUT2D eigenvalue weighted by atomic mass is 32.2. The average Bonchev–Trinajstić information content (AvgIpc) is 2.97. The normalized spacial score (nSPS) is 17.2. The Kier molecular flexibility index (Phi) is 4.85. The maximum atomic E-state index is 13.0. The second-order valence-electron chi connectivity index (χ2n) is 5.43. The molecule has 0 saturated carbocycles. The van der Waals surface area contributed by atoms with Crippen molar-refractivity contribution in [3.8, 4) is 0 Å². The highest BCUT2D eigenvalue weighted by Crippen LogP contribution is 2.39. The van der Waals surface area contributed by atoms with Gasteiger partial charge in [-0.1, -0.05) is 24.3 Å². The number of nitrogens with zero attached hydrogens (tertiary/aromatic N) is 1. The molecule has 1 saturated heterocycles. The van der Waals surface area contributed by atoms with E-state index in [9.17, 15) is 14.0 Å². The first-order valence-electron chi connectivity index (χ1n) is 7.42. The molecule has 1 unspecified atom stereocenters. The first-order valence-corrected chi connectivity index (χ1v) is 8.47.